The number of likely N-dealkylation sites (N-methyl/N-ethyl adjacent to an activating group) is 1. The monoisotopic (exact) mass is 916 g/mol. The Morgan fingerprint density at radius 3 is 2.70 bits per heavy atom. The topological polar surface area (TPSA) is 232 Å². The predicted molar refractivity (Wildman–Crippen MR) is 261 cm³/mol. The number of nitrogens with one attached hydrogen (secondary N) is 4. The van der Waals surface area contributed by atoms with E-state index in [4.69, 9.17) is 20.9 Å². The first-order chi connectivity index (χ1) is 32.2. The number of esters is 1. The molecule has 358 valence electrons. The number of carbonyl (C=O) groups excluding carboxylic acids is 3. The van der Waals surface area contributed by atoms with E-state index in [1.807, 2.05) is 51.2 Å². The van der Waals surface area contributed by atoms with Crippen LogP contribution in [0.25, 0.3) is 0 Å². The number of ketones is 2. The number of nitrogens with two attached hydrogens (primary N) is 2. The molecule has 0 amide bonds. The lowest BCUT2D eigenvalue weighted by Gasteiger charge is -2.40. The Kier molecular flexibility index (Phi) is 15.5. The molecule has 3 aliphatic carbocycles. The molecule has 0 spiro atoms. The van der Waals surface area contributed by atoms with Gasteiger partial charge in [-0.2, -0.15) is 0 Å². The molecule has 4 aliphatic rings. The van der Waals surface area contributed by atoms with Crippen molar-refractivity contribution in [2.24, 2.45) is 28.0 Å². The number of nitrogens with zero attached hydrogens (tertiary/aromatic N) is 3. The summed E-state index contributed by atoms with van der Waals surface area (Å²) in [6.45, 7) is 9.30. The number of carbonyl (C=O) groups is 3. The van der Waals surface area contributed by atoms with Gasteiger partial charge in [0.05, 0.1) is 12.7 Å². The first-order valence-corrected chi connectivity index (χ1v) is 23.7. The molecular weight excluding hydrogens is 847 g/mol. The molecule has 1 fully saturated rings. The number of nitrogen functional groups attached to an aromatic ring is 1. The van der Waals surface area contributed by atoms with Crippen LogP contribution in [0.2, 0.25) is 0 Å². The van der Waals surface area contributed by atoms with Gasteiger partial charge in [0.1, 0.15) is 17.7 Å². The summed E-state index contributed by atoms with van der Waals surface area (Å²) in [5, 5.41) is 23.3. The molecular formula is C52H69N9O6. The Morgan fingerprint density at radius 1 is 1.15 bits per heavy atom. The van der Waals surface area contributed by atoms with Crippen molar-refractivity contribution in [2.75, 3.05) is 45.0 Å². The molecule has 0 bridgehead atoms. The molecule has 1 aliphatic heterocycles. The van der Waals surface area contributed by atoms with Gasteiger partial charge in [-0.05, 0) is 124 Å². The first-order valence-electron chi connectivity index (χ1n) is 23.7. The van der Waals surface area contributed by atoms with Gasteiger partial charge in [-0.3, -0.25) is 14.6 Å². The molecule has 67 heavy (non-hydrogen) atoms. The number of Topliss-reactive ketones (excluding diaryl/α,β-unsaturated/α-hetero) is 2. The summed E-state index contributed by atoms with van der Waals surface area (Å²) < 4.78 is 13.2. The number of ether oxygens (including phenoxy) is 2. The van der Waals surface area contributed by atoms with Crippen molar-refractivity contribution in [1.29, 1.82) is 0 Å². The minimum atomic E-state index is -2.22. The van der Waals surface area contributed by atoms with Crippen molar-refractivity contribution in [3.8, 4) is 0 Å². The average molecular weight is 916 g/mol. The zero-order valence-corrected chi connectivity index (χ0v) is 39.9. The van der Waals surface area contributed by atoms with E-state index in [0.717, 1.165) is 36.0 Å². The van der Waals surface area contributed by atoms with Gasteiger partial charge < -0.3 is 47.3 Å². The number of aliphatic hydroxyl groups is 1. The quantitative estimate of drug-likeness (QED) is 0.0125. The van der Waals surface area contributed by atoms with Crippen molar-refractivity contribution in [3.05, 3.63) is 118 Å². The lowest BCUT2D eigenvalue weighted by atomic mass is 9.69. The van der Waals surface area contributed by atoms with Crippen molar-refractivity contribution in [3.63, 3.8) is 0 Å². The van der Waals surface area contributed by atoms with Gasteiger partial charge in [-0.1, -0.05) is 74.9 Å². The maximum absolute atomic E-state index is 15.5. The third-order valence-corrected chi connectivity index (χ3v) is 13.8. The number of aromatic nitrogens is 2. The van der Waals surface area contributed by atoms with E-state index in [0.29, 0.717) is 68.4 Å². The van der Waals surface area contributed by atoms with Crippen molar-refractivity contribution in [2.45, 2.75) is 115 Å². The maximum atomic E-state index is 15.5. The highest BCUT2D eigenvalue weighted by atomic mass is 16.7. The number of pyridine rings is 2. The normalized spacial score (nSPS) is 24.5. The van der Waals surface area contributed by atoms with E-state index < -0.39 is 40.3 Å². The number of anilines is 2. The third kappa shape index (κ3) is 10.5. The molecule has 0 saturated carbocycles. The molecule has 3 aromatic rings. The Hall–Kier alpha value is -5.74. The summed E-state index contributed by atoms with van der Waals surface area (Å²) in [5.41, 5.74) is 12.7. The molecule has 0 radical (unpaired) electrons. The number of fused-ring (bicyclic) bond motifs is 3. The Labute approximate surface area is 394 Å². The van der Waals surface area contributed by atoms with Crippen LogP contribution in [0.15, 0.2) is 95.3 Å². The highest BCUT2D eigenvalue weighted by Gasteiger charge is 2.85. The fourth-order valence-corrected chi connectivity index (χ4v) is 10.5. The number of hydrogen-bond donors (Lipinski definition) is 7. The van der Waals surface area contributed by atoms with Crippen LogP contribution in [0.5, 0.6) is 0 Å². The summed E-state index contributed by atoms with van der Waals surface area (Å²) >= 11 is 0. The fourth-order valence-electron chi connectivity index (χ4n) is 10.5. The van der Waals surface area contributed by atoms with Gasteiger partial charge in [0, 0.05) is 55.6 Å². The van der Waals surface area contributed by atoms with Gasteiger partial charge in [0.25, 0.3) is 5.60 Å². The molecule has 7 atom stereocenters. The van der Waals surface area contributed by atoms with E-state index in [-0.39, 0.29) is 48.1 Å². The van der Waals surface area contributed by atoms with Gasteiger partial charge in [0.15, 0.2) is 17.3 Å². The largest absolute Gasteiger partial charge is 0.459 e. The van der Waals surface area contributed by atoms with E-state index in [9.17, 15) is 5.11 Å². The standard InChI is InChI=1S/C52H69N9O6/c1-7-57-41-26-35-13-9-8-12-34(35)25-39(41)42(16-11-23-62)66-48(65)52-47(64)45-37(29-50(3,4)28-33-17-18-43(53)59-30-33)14-10-15-38(45)46(63)51(52,67-52)21-19-32(2)24-40(61-49(54)56-6)36-20-22-58-44(27-36)60-31-55-5/h9-10,13-15,17-20,22,26-27,30,34,39-42,55,57,62H,7-8,11-12,16,21,23-25,28-29,31H2,1-6H3,(H2,53,59)(H,58,60)(H3,54,56,61). The van der Waals surface area contributed by atoms with E-state index in [1.54, 1.807) is 37.6 Å². The molecule has 7 unspecified atom stereocenters. The fraction of sp³-hybridized carbons (Fsp3) is 0.500. The molecule has 15 heteroatoms. The molecule has 15 nitrogen and oxygen atoms in total. The Bertz CT molecular complexity index is 2410. The number of allylic oxidation sites excluding steroid dienone is 3. The van der Waals surface area contributed by atoms with Crippen LogP contribution in [-0.2, 0) is 27.1 Å². The second-order valence-electron chi connectivity index (χ2n) is 19.3. The summed E-state index contributed by atoms with van der Waals surface area (Å²) in [4.78, 5) is 58.9. The van der Waals surface area contributed by atoms with Gasteiger partial charge >= 0.3 is 5.97 Å². The molecule has 9 N–H and O–H groups in total. The number of aliphatic hydroxyl groups excluding tert-OH is 1. The Balaban J connectivity index is 1.25. The average Bonchev–Trinajstić information content (AvgIpc) is 4.03. The molecule has 1 saturated heterocycles. The lowest BCUT2D eigenvalue weighted by Crippen LogP contribution is -2.53. The van der Waals surface area contributed by atoms with Crippen LogP contribution in [0, 0.1) is 17.3 Å². The van der Waals surface area contributed by atoms with E-state index in [2.05, 4.69) is 68.3 Å². The van der Waals surface area contributed by atoms with Crippen LogP contribution in [-0.4, -0.2) is 95.8 Å². The number of epoxide rings is 1. The SMILES string of the molecule is CCNC1C=C2C=CCCC2CC1C(CCCO)OC(=O)C12OC1(CC=C(C)CC(NC(N)=NC)c1ccnc(NCNC)c1)C(=O)c1cccc(CC(C)(C)Cc3ccc(N)nc3)c1C2=O. The zero-order chi connectivity index (χ0) is 47.9. The van der Waals surface area contributed by atoms with Crippen LogP contribution < -0.4 is 32.7 Å². The summed E-state index contributed by atoms with van der Waals surface area (Å²) in [6.07, 6.45) is 16.2. The number of benzene rings is 1. The van der Waals surface area contributed by atoms with Crippen molar-refractivity contribution >= 4 is 35.1 Å². The highest BCUT2D eigenvalue weighted by molar-refractivity contribution is 6.33. The van der Waals surface area contributed by atoms with Crippen LogP contribution in [0.1, 0.15) is 116 Å². The smallest absolute Gasteiger partial charge is 0.350 e. The van der Waals surface area contributed by atoms with Crippen molar-refractivity contribution < 1.29 is 29.0 Å². The maximum Gasteiger partial charge on any atom is 0.350 e. The number of aliphatic imine (C=N–C) groups is 1. The summed E-state index contributed by atoms with van der Waals surface area (Å²) in [7, 11) is 3.44. The lowest BCUT2D eigenvalue weighted by molar-refractivity contribution is -0.158. The third-order valence-electron chi connectivity index (χ3n) is 13.8. The first kappa shape index (κ1) is 49.2. The second-order valence-corrected chi connectivity index (χ2v) is 19.3. The molecule has 3 heterocycles. The molecule has 1 aromatic carbocycles. The Morgan fingerprint density at radius 2 is 1.97 bits per heavy atom. The molecule has 2 aromatic heterocycles. The predicted octanol–water partition coefficient (Wildman–Crippen LogP) is 5.92. The molecule has 7 rings (SSSR count). The van der Waals surface area contributed by atoms with Gasteiger partial charge in [-0.15, -0.1) is 0 Å². The number of guanidine groups is 1. The number of hydrogen-bond acceptors (Lipinski definition) is 13. The van der Waals surface area contributed by atoms with Gasteiger partial charge in [-0.25, -0.2) is 14.8 Å². The van der Waals surface area contributed by atoms with E-state index in [1.165, 1.54) is 5.57 Å². The van der Waals surface area contributed by atoms with Crippen molar-refractivity contribution in [1.82, 2.24) is 25.9 Å². The van der Waals surface area contributed by atoms with Crippen LogP contribution in [0.3, 0.4) is 0 Å². The summed E-state index contributed by atoms with van der Waals surface area (Å²) in [5.74, 6) is -0.384. The second kappa shape index (κ2) is 21.1. The van der Waals surface area contributed by atoms with Gasteiger partial charge in [0.2, 0.25) is 5.78 Å². The minimum absolute atomic E-state index is 0.0571. The highest BCUT2D eigenvalue weighted by Crippen LogP contribution is 2.59. The summed E-state index contributed by atoms with van der Waals surface area (Å²) in [6, 6.07) is 12.4. The zero-order valence-electron chi connectivity index (χ0n) is 39.9. The van der Waals surface area contributed by atoms with Crippen LogP contribution >= 0.6 is 0 Å². The number of rotatable bonds is 21. The van der Waals surface area contributed by atoms with E-state index >= 15 is 14.4 Å². The van der Waals surface area contributed by atoms with Crippen LogP contribution in [0.4, 0.5) is 11.6 Å². The minimum Gasteiger partial charge on any atom is -0.459 e.